The number of para-hydroxylation sites is 1. The summed E-state index contributed by atoms with van der Waals surface area (Å²) in [6.45, 7) is 9.01. The Morgan fingerprint density at radius 3 is 2.53 bits per heavy atom. The van der Waals surface area contributed by atoms with Crippen molar-refractivity contribution in [3.8, 4) is 11.5 Å². The van der Waals surface area contributed by atoms with Crippen molar-refractivity contribution in [2.45, 2.75) is 70.2 Å². The third-order valence-electron chi connectivity index (χ3n) is 6.99. The van der Waals surface area contributed by atoms with Crippen molar-refractivity contribution in [2.75, 3.05) is 20.2 Å². The molecule has 6 heteroatoms. The first-order chi connectivity index (χ1) is 16.2. The molecule has 6 nitrogen and oxygen atoms in total. The van der Waals surface area contributed by atoms with Crippen LogP contribution in [0.25, 0.3) is 0 Å². The van der Waals surface area contributed by atoms with Gasteiger partial charge < -0.3 is 23.9 Å². The summed E-state index contributed by atoms with van der Waals surface area (Å²) >= 11 is 0. The van der Waals surface area contributed by atoms with Crippen LogP contribution in [0.2, 0.25) is 0 Å². The third kappa shape index (κ3) is 4.69. The fraction of sp³-hybridized carbons (Fsp3) is 0.500. The van der Waals surface area contributed by atoms with E-state index in [1.165, 1.54) is 0 Å². The maximum atomic E-state index is 13.3. The molecule has 1 fully saturated rings. The summed E-state index contributed by atoms with van der Waals surface area (Å²) in [6.07, 6.45) is 3.29. The number of hydrogen-bond donors (Lipinski definition) is 0. The zero-order valence-electron chi connectivity index (χ0n) is 20.8. The molecule has 0 aromatic heterocycles. The second-order valence-corrected chi connectivity index (χ2v) is 10.2. The highest BCUT2D eigenvalue weighted by molar-refractivity contribution is 5.95. The van der Waals surface area contributed by atoms with Crippen LogP contribution in [0.1, 0.15) is 74.5 Å². The summed E-state index contributed by atoms with van der Waals surface area (Å²) in [5.74, 6) is 1.41. The molecule has 182 valence electrons. The average Bonchev–Trinajstić information content (AvgIpc) is 2.83. The van der Waals surface area contributed by atoms with Crippen LogP contribution in [0.4, 0.5) is 0 Å². The van der Waals surface area contributed by atoms with Crippen LogP contribution in [0.5, 0.6) is 11.5 Å². The van der Waals surface area contributed by atoms with E-state index in [2.05, 4.69) is 19.9 Å². The van der Waals surface area contributed by atoms with Gasteiger partial charge in [-0.3, -0.25) is 4.79 Å². The van der Waals surface area contributed by atoms with Crippen LogP contribution < -0.4 is 9.47 Å². The number of methoxy groups -OCH3 is 1. The smallest absolute Gasteiger partial charge is 0.253 e. The molecule has 1 atom stereocenters. The third-order valence-corrected chi connectivity index (χ3v) is 6.99. The number of amides is 1. The lowest BCUT2D eigenvalue weighted by Gasteiger charge is -2.47. The maximum absolute atomic E-state index is 13.3. The van der Waals surface area contributed by atoms with Gasteiger partial charge in [-0.25, -0.2) is 0 Å². The van der Waals surface area contributed by atoms with Gasteiger partial charge >= 0.3 is 0 Å². The summed E-state index contributed by atoms with van der Waals surface area (Å²) in [6, 6.07) is 13.5. The van der Waals surface area contributed by atoms with E-state index in [1.807, 2.05) is 43.0 Å². The molecule has 2 aliphatic heterocycles. The molecule has 1 spiro atoms. The van der Waals surface area contributed by atoms with Crippen LogP contribution in [0.15, 0.2) is 42.5 Å². The van der Waals surface area contributed by atoms with Crippen molar-refractivity contribution in [1.29, 1.82) is 0 Å². The lowest BCUT2D eigenvalue weighted by molar-refractivity contribution is -0.111. The predicted molar refractivity (Wildman–Crippen MR) is 131 cm³/mol. The van der Waals surface area contributed by atoms with E-state index in [1.54, 1.807) is 19.2 Å². The number of fused-ring (bicyclic) bond motifs is 1. The van der Waals surface area contributed by atoms with Gasteiger partial charge in [-0.15, -0.1) is 0 Å². The van der Waals surface area contributed by atoms with Gasteiger partial charge in [-0.1, -0.05) is 24.3 Å². The summed E-state index contributed by atoms with van der Waals surface area (Å²) < 4.78 is 18.3. The predicted octanol–water partition coefficient (Wildman–Crippen LogP) is 5.10. The number of carbonyl (C=O) groups is 2. The second kappa shape index (κ2) is 9.41. The van der Waals surface area contributed by atoms with Crippen molar-refractivity contribution in [2.24, 2.45) is 0 Å². The summed E-state index contributed by atoms with van der Waals surface area (Å²) in [7, 11) is 1.56. The van der Waals surface area contributed by atoms with Gasteiger partial charge in [0.25, 0.3) is 5.91 Å². The van der Waals surface area contributed by atoms with E-state index in [9.17, 15) is 9.59 Å². The van der Waals surface area contributed by atoms with Crippen LogP contribution in [0.3, 0.4) is 0 Å². The molecular formula is C28H35NO5. The average molecular weight is 466 g/mol. The highest BCUT2D eigenvalue weighted by Crippen LogP contribution is 2.46. The minimum atomic E-state index is -0.687. The molecule has 0 saturated carbocycles. The summed E-state index contributed by atoms with van der Waals surface area (Å²) in [5.41, 5.74) is 1.41. The Morgan fingerprint density at radius 1 is 1.18 bits per heavy atom. The molecule has 2 aliphatic rings. The van der Waals surface area contributed by atoms with E-state index in [0.717, 1.165) is 42.4 Å². The van der Waals surface area contributed by atoms with Crippen molar-refractivity contribution >= 4 is 12.2 Å². The van der Waals surface area contributed by atoms with Gasteiger partial charge in [-0.2, -0.15) is 0 Å². The van der Waals surface area contributed by atoms with Crippen molar-refractivity contribution in [3.63, 3.8) is 0 Å². The highest BCUT2D eigenvalue weighted by Gasteiger charge is 2.44. The monoisotopic (exact) mass is 465 g/mol. The number of rotatable bonds is 6. The number of benzene rings is 2. The van der Waals surface area contributed by atoms with Crippen molar-refractivity contribution in [3.05, 3.63) is 59.2 Å². The number of likely N-dealkylation sites (tertiary alicyclic amines) is 1. The van der Waals surface area contributed by atoms with E-state index in [0.29, 0.717) is 24.4 Å². The molecule has 0 unspecified atom stereocenters. The number of carbonyl (C=O) groups excluding carboxylic acids is 2. The molecule has 0 radical (unpaired) electrons. The number of piperidine rings is 1. The second-order valence-electron chi connectivity index (χ2n) is 10.2. The van der Waals surface area contributed by atoms with Gasteiger partial charge in [0.2, 0.25) is 0 Å². The first-order valence-corrected chi connectivity index (χ1v) is 12.1. The fourth-order valence-electron chi connectivity index (χ4n) is 5.04. The Hall–Kier alpha value is -2.86. The first kappa shape index (κ1) is 24.3. The van der Waals surface area contributed by atoms with Crippen molar-refractivity contribution < 1.29 is 23.8 Å². The molecule has 2 heterocycles. The topological polar surface area (TPSA) is 65.1 Å². The molecule has 1 amide bonds. The Kier molecular flexibility index (Phi) is 6.72. The number of nitrogens with zero attached hydrogens (tertiary/aromatic N) is 1. The zero-order chi connectivity index (χ0) is 24.5. The highest BCUT2D eigenvalue weighted by atomic mass is 16.5. The minimum Gasteiger partial charge on any atom is -0.496 e. The Labute approximate surface area is 202 Å². The summed E-state index contributed by atoms with van der Waals surface area (Å²) in [4.78, 5) is 26.7. The normalized spacial score (nSPS) is 19.5. The molecule has 1 saturated heterocycles. The molecule has 2 aromatic carbocycles. The SMILES string of the molecule is COc1cc(C(=O)N2CCC3(CC2)C[C@H](OC(C)C)c2ccccc2O3)ccc1C(C)(C)C=O. The minimum absolute atomic E-state index is 0.00909. The maximum Gasteiger partial charge on any atom is 0.253 e. The molecular weight excluding hydrogens is 430 g/mol. The van der Waals surface area contributed by atoms with Gasteiger partial charge in [0, 0.05) is 54.5 Å². The molecule has 0 bridgehead atoms. The van der Waals surface area contributed by atoms with Gasteiger partial charge in [0.1, 0.15) is 23.4 Å². The van der Waals surface area contributed by atoms with E-state index in [-0.39, 0.29) is 23.7 Å². The molecule has 2 aromatic rings. The zero-order valence-corrected chi connectivity index (χ0v) is 20.8. The molecule has 4 rings (SSSR count). The quantitative estimate of drug-likeness (QED) is 0.556. The van der Waals surface area contributed by atoms with Crippen LogP contribution in [-0.2, 0) is 14.9 Å². The molecule has 0 N–H and O–H groups in total. The number of hydrogen-bond acceptors (Lipinski definition) is 5. The lowest BCUT2D eigenvalue weighted by atomic mass is 9.81. The molecule has 34 heavy (non-hydrogen) atoms. The van der Waals surface area contributed by atoms with Crippen molar-refractivity contribution in [1.82, 2.24) is 4.90 Å². The first-order valence-electron chi connectivity index (χ1n) is 12.1. The van der Waals surface area contributed by atoms with Crippen LogP contribution in [-0.4, -0.2) is 49.0 Å². The largest absolute Gasteiger partial charge is 0.496 e. The fourth-order valence-corrected chi connectivity index (χ4v) is 5.04. The van der Waals surface area contributed by atoms with Crippen LogP contribution >= 0.6 is 0 Å². The standard InChI is InChI=1S/C28H35NO5/c1-19(2)33-25-17-28(34-23-9-7-6-8-21(23)25)12-14-29(15-13-28)26(31)20-10-11-22(24(16-20)32-5)27(3,4)18-30/h6-11,16,18-19,25H,12-15,17H2,1-5H3/t25-/m0/s1. The van der Waals surface area contributed by atoms with Gasteiger partial charge in [-0.05, 0) is 45.9 Å². The van der Waals surface area contributed by atoms with Gasteiger partial charge in [0.05, 0.1) is 19.3 Å². The lowest BCUT2D eigenvalue weighted by Crippen LogP contribution is -2.52. The number of ether oxygens (including phenoxy) is 3. The Bertz CT molecular complexity index is 1050. The van der Waals surface area contributed by atoms with E-state index >= 15 is 0 Å². The Morgan fingerprint density at radius 2 is 1.88 bits per heavy atom. The van der Waals surface area contributed by atoms with Crippen LogP contribution in [0, 0.1) is 0 Å². The van der Waals surface area contributed by atoms with E-state index in [4.69, 9.17) is 14.2 Å². The van der Waals surface area contributed by atoms with E-state index < -0.39 is 5.41 Å². The molecule has 0 aliphatic carbocycles. The summed E-state index contributed by atoms with van der Waals surface area (Å²) in [5, 5.41) is 0. The van der Waals surface area contributed by atoms with Gasteiger partial charge in [0.15, 0.2) is 0 Å². The number of aldehydes is 1. The Balaban J connectivity index is 1.50.